The van der Waals surface area contributed by atoms with Crippen molar-refractivity contribution >= 4 is 23.2 Å². The number of halogens is 4. The summed E-state index contributed by atoms with van der Waals surface area (Å²) in [6.45, 7) is 5.61. The number of carbonyl (C=O) groups excluding carboxylic acids is 1. The molecule has 2 aromatic heterocycles. The van der Waals surface area contributed by atoms with E-state index in [0.717, 1.165) is 12.1 Å². The van der Waals surface area contributed by atoms with E-state index in [1.165, 1.54) is 11.0 Å². The maximum absolute atomic E-state index is 13.7. The van der Waals surface area contributed by atoms with E-state index < -0.39 is 23.2 Å². The van der Waals surface area contributed by atoms with Gasteiger partial charge in [0.15, 0.2) is 0 Å². The Labute approximate surface area is 235 Å². The number of hydrogen-bond donors (Lipinski definition) is 1. The van der Waals surface area contributed by atoms with Crippen molar-refractivity contribution in [3.63, 3.8) is 0 Å². The second-order valence-corrected chi connectivity index (χ2v) is 9.58. The number of ether oxygens (including phenoxy) is 2. The molecule has 1 saturated heterocycles. The van der Waals surface area contributed by atoms with Crippen LogP contribution in [0.25, 0.3) is 11.3 Å². The molecule has 1 fully saturated rings. The van der Waals surface area contributed by atoms with Crippen molar-refractivity contribution < 1.29 is 27.4 Å². The van der Waals surface area contributed by atoms with E-state index in [9.17, 15) is 18.0 Å². The van der Waals surface area contributed by atoms with Crippen LogP contribution < -0.4 is 20.1 Å². The maximum Gasteiger partial charge on any atom is 0.417 e. The maximum atomic E-state index is 13.7. The minimum absolute atomic E-state index is 0.0826. The first-order valence-electron chi connectivity index (χ1n) is 13.0. The third-order valence-electron chi connectivity index (χ3n) is 6.59. The monoisotopic (exact) mass is 577 g/mol. The average Bonchev–Trinajstić information content (AvgIpc) is 2.95. The quantitative estimate of drug-likeness (QED) is 0.369. The van der Waals surface area contributed by atoms with Crippen molar-refractivity contribution in [1.82, 2.24) is 14.9 Å². The van der Waals surface area contributed by atoms with Gasteiger partial charge >= 0.3 is 6.18 Å². The number of rotatable bonds is 9. The highest BCUT2D eigenvalue weighted by atomic mass is 35.5. The fourth-order valence-electron chi connectivity index (χ4n) is 4.72. The van der Waals surface area contributed by atoms with Gasteiger partial charge in [0.2, 0.25) is 11.8 Å². The minimum Gasteiger partial charge on any atom is -0.477 e. The number of alkyl halides is 3. The molecule has 1 amide bonds. The molecule has 8 nitrogen and oxygen atoms in total. The number of piperazine rings is 1. The molecule has 0 aliphatic carbocycles. The summed E-state index contributed by atoms with van der Waals surface area (Å²) in [5.74, 6) is 0.133. The first-order valence-corrected chi connectivity index (χ1v) is 13.4. The van der Waals surface area contributed by atoms with Gasteiger partial charge in [0.25, 0.3) is 5.91 Å². The van der Waals surface area contributed by atoms with E-state index >= 15 is 0 Å². The molecule has 12 heteroatoms. The van der Waals surface area contributed by atoms with Crippen LogP contribution in [0.4, 0.5) is 18.9 Å². The Balaban J connectivity index is 1.63. The highest BCUT2D eigenvalue weighted by Crippen LogP contribution is 2.37. The summed E-state index contributed by atoms with van der Waals surface area (Å²) in [7, 11) is 0. The van der Waals surface area contributed by atoms with Crippen molar-refractivity contribution in [2.24, 2.45) is 5.73 Å². The fourth-order valence-corrected chi connectivity index (χ4v) is 4.89. The van der Waals surface area contributed by atoms with E-state index in [1.54, 1.807) is 12.3 Å². The standard InChI is InChI=1S/C28H31ClF3N5O3/c1-3-19-17-36(27(38)20-8-7-18(29)16-22(20)28(30,31)32)13-14-37(19)24-10-9-23(35-26(24)40-15-11-33)21-6-5-12-34-25(21)39-4-2/h5-10,12,16,19H,3-4,11,13-15,17,33H2,1-2H3/t19-/m1/s1. The highest BCUT2D eigenvalue weighted by Gasteiger charge is 2.38. The Morgan fingerprint density at radius 1 is 1.12 bits per heavy atom. The number of pyridine rings is 2. The predicted octanol–water partition coefficient (Wildman–Crippen LogP) is 5.29. The summed E-state index contributed by atoms with van der Waals surface area (Å²) >= 11 is 5.80. The van der Waals surface area contributed by atoms with Crippen LogP contribution in [0.2, 0.25) is 5.02 Å². The minimum atomic E-state index is -4.71. The van der Waals surface area contributed by atoms with E-state index in [4.69, 9.17) is 31.8 Å². The van der Waals surface area contributed by atoms with Crippen molar-refractivity contribution in [2.75, 3.05) is 44.3 Å². The van der Waals surface area contributed by atoms with Gasteiger partial charge in [0.05, 0.1) is 29.0 Å². The van der Waals surface area contributed by atoms with E-state index in [0.29, 0.717) is 48.3 Å². The molecule has 214 valence electrons. The smallest absolute Gasteiger partial charge is 0.417 e. The van der Waals surface area contributed by atoms with Gasteiger partial charge < -0.3 is 25.0 Å². The van der Waals surface area contributed by atoms with Gasteiger partial charge in [-0.2, -0.15) is 13.2 Å². The number of hydrogen-bond acceptors (Lipinski definition) is 7. The first kappa shape index (κ1) is 29.4. The number of anilines is 1. The number of amides is 1. The SMILES string of the molecule is CCOc1ncccc1-c1ccc(N2CCN(C(=O)c3ccc(Cl)cc3C(F)(F)F)C[C@H]2CC)c(OCCN)n1. The van der Waals surface area contributed by atoms with Crippen LogP contribution in [-0.2, 0) is 6.18 Å². The van der Waals surface area contributed by atoms with Crippen molar-refractivity contribution in [2.45, 2.75) is 32.5 Å². The molecule has 2 N–H and O–H groups in total. The summed E-state index contributed by atoms with van der Waals surface area (Å²) < 4.78 is 52.6. The summed E-state index contributed by atoms with van der Waals surface area (Å²) in [5, 5.41) is -0.0826. The molecular weight excluding hydrogens is 547 g/mol. The molecule has 0 saturated carbocycles. The first-order chi connectivity index (χ1) is 19.2. The number of aromatic nitrogens is 2. The molecule has 4 rings (SSSR count). The lowest BCUT2D eigenvalue weighted by Crippen LogP contribution is -2.55. The summed E-state index contributed by atoms with van der Waals surface area (Å²) in [5.41, 5.74) is 6.27. The zero-order valence-corrected chi connectivity index (χ0v) is 23.0. The Hall–Kier alpha value is -3.57. The lowest BCUT2D eigenvalue weighted by atomic mass is 10.0. The third kappa shape index (κ3) is 6.42. The summed E-state index contributed by atoms with van der Waals surface area (Å²) in [6.07, 6.45) is -2.43. The Kier molecular flexibility index (Phi) is 9.36. The van der Waals surface area contributed by atoms with Gasteiger partial charge in [-0.3, -0.25) is 4.79 Å². The molecule has 40 heavy (non-hydrogen) atoms. The molecule has 1 aromatic carbocycles. The van der Waals surface area contributed by atoms with E-state index in [2.05, 4.69) is 9.88 Å². The van der Waals surface area contributed by atoms with Gasteiger partial charge in [-0.05, 0) is 55.8 Å². The summed E-state index contributed by atoms with van der Waals surface area (Å²) in [4.78, 5) is 25.9. The Morgan fingerprint density at radius 2 is 1.93 bits per heavy atom. The second kappa shape index (κ2) is 12.7. The molecule has 1 atom stereocenters. The Morgan fingerprint density at radius 3 is 2.62 bits per heavy atom. The molecular formula is C28H31ClF3N5O3. The van der Waals surface area contributed by atoms with Crippen molar-refractivity contribution in [1.29, 1.82) is 0 Å². The van der Waals surface area contributed by atoms with E-state index in [-0.39, 0.29) is 37.3 Å². The number of nitrogens with zero attached hydrogens (tertiary/aromatic N) is 4. The van der Waals surface area contributed by atoms with Gasteiger partial charge in [0.1, 0.15) is 12.3 Å². The molecule has 3 heterocycles. The number of carbonyl (C=O) groups is 1. The van der Waals surface area contributed by atoms with Gasteiger partial charge in [-0.1, -0.05) is 18.5 Å². The van der Waals surface area contributed by atoms with Gasteiger partial charge in [0, 0.05) is 43.4 Å². The largest absolute Gasteiger partial charge is 0.477 e. The normalized spacial score (nSPS) is 15.7. The van der Waals surface area contributed by atoms with Crippen molar-refractivity contribution in [3.05, 3.63) is 64.8 Å². The van der Waals surface area contributed by atoms with E-state index in [1.807, 2.05) is 32.0 Å². The Bertz CT molecular complexity index is 1340. The molecule has 1 aliphatic rings. The molecule has 1 aliphatic heterocycles. The lowest BCUT2D eigenvalue weighted by molar-refractivity contribution is -0.138. The lowest BCUT2D eigenvalue weighted by Gasteiger charge is -2.43. The zero-order valence-electron chi connectivity index (χ0n) is 22.2. The molecule has 0 radical (unpaired) electrons. The molecule has 0 bridgehead atoms. The van der Waals surface area contributed by atoms with Crippen LogP contribution in [0, 0.1) is 0 Å². The van der Waals surface area contributed by atoms with Crippen LogP contribution >= 0.6 is 11.6 Å². The van der Waals surface area contributed by atoms with Crippen LogP contribution in [-0.4, -0.2) is 66.2 Å². The van der Waals surface area contributed by atoms with Crippen LogP contribution in [0.15, 0.2) is 48.7 Å². The van der Waals surface area contributed by atoms with Crippen molar-refractivity contribution in [3.8, 4) is 23.0 Å². The fraction of sp³-hybridized carbons (Fsp3) is 0.393. The average molecular weight is 578 g/mol. The topological polar surface area (TPSA) is 93.8 Å². The molecule has 3 aromatic rings. The second-order valence-electron chi connectivity index (χ2n) is 9.14. The molecule has 0 spiro atoms. The number of nitrogens with two attached hydrogens (primary N) is 1. The zero-order chi connectivity index (χ0) is 28.9. The van der Waals surface area contributed by atoms with Crippen LogP contribution in [0.3, 0.4) is 0 Å². The summed E-state index contributed by atoms with van der Waals surface area (Å²) in [6, 6.07) is 10.4. The van der Waals surface area contributed by atoms with Gasteiger partial charge in [-0.15, -0.1) is 0 Å². The molecule has 0 unspecified atom stereocenters. The highest BCUT2D eigenvalue weighted by molar-refractivity contribution is 6.30. The number of benzene rings is 1. The predicted molar refractivity (Wildman–Crippen MR) is 147 cm³/mol. The van der Waals surface area contributed by atoms with Crippen LogP contribution in [0.1, 0.15) is 36.2 Å². The van der Waals surface area contributed by atoms with Gasteiger partial charge in [-0.25, -0.2) is 9.97 Å². The third-order valence-corrected chi connectivity index (χ3v) is 6.83. The van der Waals surface area contributed by atoms with Crippen LogP contribution in [0.5, 0.6) is 11.8 Å².